The van der Waals surface area contributed by atoms with E-state index in [1.165, 1.54) is 29.5 Å². The molecule has 3 rings (SSSR count). The first-order valence-corrected chi connectivity index (χ1v) is 9.49. The number of urea groups is 1. The predicted octanol–water partition coefficient (Wildman–Crippen LogP) is 5.07. The van der Waals surface area contributed by atoms with Crippen LogP contribution in [0.2, 0.25) is 5.02 Å². The molecule has 0 radical (unpaired) electrons. The van der Waals surface area contributed by atoms with Crippen molar-refractivity contribution in [2.45, 2.75) is 13.3 Å². The van der Waals surface area contributed by atoms with Crippen LogP contribution in [0.1, 0.15) is 11.3 Å². The second-order valence-corrected chi connectivity index (χ2v) is 7.21. The van der Waals surface area contributed by atoms with Crippen LogP contribution in [0.25, 0.3) is 0 Å². The van der Waals surface area contributed by atoms with Crippen LogP contribution < -0.4 is 16.0 Å². The van der Waals surface area contributed by atoms with Gasteiger partial charge in [-0.3, -0.25) is 10.1 Å². The third kappa shape index (κ3) is 5.51. The number of hydrogen-bond acceptors (Lipinski definition) is 4. The van der Waals surface area contributed by atoms with Crippen molar-refractivity contribution in [3.05, 3.63) is 69.9 Å². The maximum atomic E-state index is 13.2. The van der Waals surface area contributed by atoms with Crippen molar-refractivity contribution in [1.82, 2.24) is 4.98 Å². The van der Waals surface area contributed by atoms with Crippen LogP contribution in [0.3, 0.4) is 0 Å². The largest absolute Gasteiger partial charge is 0.326 e. The minimum Gasteiger partial charge on any atom is -0.326 e. The van der Waals surface area contributed by atoms with Gasteiger partial charge in [-0.1, -0.05) is 23.7 Å². The molecule has 6 nitrogen and oxygen atoms in total. The maximum Gasteiger partial charge on any atom is 0.325 e. The van der Waals surface area contributed by atoms with E-state index < -0.39 is 11.8 Å². The molecule has 0 unspecified atom stereocenters. The van der Waals surface area contributed by atoms with Gasteiger partial charge in [-0.25, -0.2) is 14.2 Å². The molecule has 0 aliphatic heterocycles. The first kappa shape index (κ1) is 19.8. The number of amides is 3. The van der Waals surface area contributed by atoms with E-state index in [1.807, 2.05) is 25.1 Å². The molecule has 0 fully saturated rings. The summed E-state index contributed by atoms with van der Waals surface area (Å²) in [5, 5.41) is 9.95. The van der Waals surface area contributed by atoms with Crippen molar-refractivity contribution in [3.8, 4) is 0 Å². The van der Waals surface area contributed by atoms with Crippen molar-refractivity contribution in [3.63, 3.8) is 0 Å². The third-order valence-electron chi connectivity index (χ3n) is 3.59. The lowest BCUT2D eigenvalue weighted by atomic mass is 10.2. The zero-order valence-electron chi connectivity index (χ0n) is 14.8. The van der Waals surface area contributed by atoms with Crippen molar-refractivity contribution in [2.75, 3.05) is 16.0 Å². The third-order valence-corrected chi connectivity index (χ3v) is 4.69. The molecule has 3 amide bonds. The number of nitrogens with zero attached hydrogens (tertiary/aromatic N) is 1. The fourth-order valence-corrected chi connectivity index (χ4v) is 3.26. The van der Waals surface area contributed by atoms with E-state index in [9.17, 15) is 14.0 Å². The predicted molar refractivity (Wildman–Crippen MR) is 110 cm³/mol. The molecule has 28 heavy (non-hydrogen) atoms. The van der Waals surface area contributed by atoms with Gasteiger partial charge in [0.05, 0.1) is 17.1 Å². The fraction of sp³-hybridized carbons (Fsp3) is 0.105. The van der Waals surface area contributed by atoms with Crippen LogP contribution in [0, 0.1) is 12.7 Å². The first-order chi connectivity index (χ1) is 13.4. The van der Waals surface area contributed by atoms with Gasteiger partial charge in [0.15, 0.2) is 5.13 Å². The monoisotopic (exact) mass is 418 g/mol. The Hall–Kier alpha value is -2.97. The van der Waals surface area contributed by atoms with E-state index in [0.717, 1.165) is 5.56 Å². The normalized spacial score (nSPS) is 10.4. The van der Waals surface area contributed by atoms with Crippen LogP contribution in [0.15, 0.2) is 47.8 Å². The van der Waals surface area contributed by atoms with Gasteiger partial charge in [-0.2, -0.15) is 0 Å². The van der Waals surface area contributed by atoms with Crippen LogP contribution >= 0.6 is 22.9 Å². The van der Waals surface area contributed by atoms with Gasteiger partial charge in [-0.15, -0.1) is 11.3 Å². The number of thiazole rings is 1. The summed E-state index contributed by atoms with van der Waals surface area (Å²) in [6.45, 7) is 1.93. The minimum atomic E-state index is -0.557. The zero-order valence-corrected chi connectivity index (χ0v) is 16.3. The highest BCUT2D eigenvalue weighted by atomic mass is 35.5. The minimum absolute atomic E-state index is 0.00662. The molecular weight excluding hydrogens is 403 g/mol. The lowest BCUT2D eigenvalue weighted by Gasteiger charge is -2.06. The van der Waals surface area contributed by atoms with Gasteiger partial charge < -0.3 is 10.6 Å². The molecular formula is C19H16ClFN4O2S. The molecule has 0 aliphatic carbocycles. The standard InChI is InChI=1S/C19H16ClFN4O2S/c1-11-3-2-4-12(7-11)23-18(27)25-19-24-14(10-28-19)9-17(26)22-13-5-6-16(21)15(20)8-13/h2-8,10H,9H2,1H3,(H,22,26)(H2,23,24,25,27). The van der Waals surface area contributed by atoms with Crippen molar-refractivity contribution in [2.24, 2.45) is 0 Å². The number of hydrogen-bond donors (Lipinski definition) is 3. The Labute approximate surface area is 169 Å². The van der Waals surface area contributed by atoms with E-state index >= 15 is 0 Å². The summed E-state index contributed by atoms with van der Waals surface area (Å²) >= 11 is 6.90. The number of benzene rings is 2. The zero-order chi connectivity index (χ0) is 20.1. The summed E-state index contributed by atoms with van der Waals surface area (Å²) in [4.78, 5) is 28.4. The van der Waals surface area contributed by atoms with E-state index in [4.69, 9.17) is 11.6 Å². The lowest BCUT2D eigenvalue weighted by molar-refractivity contribution is -0.115. The molecule has 144 valence electrons. The van der Waals surface area contributed by atoms with Crippen LogP contribution in [-0.2, 0) is 11.2 Å². The average molecular weight is 419 g/mol. The topological polar surface area (TPSA) is 83.1 Å². The molecule has 3 N–H and O–H groups in total. The molecule has 0 aliphatic rings. The van der Waals surface area contributed by atoms with Gasteiger partial charge >= 0.3 is 6.03 Å². The Morgan fingerprint density at radius 2 is 1.89 bits per heavy atom. The number of aromatic nitrogens is 1. The maximum absolute atomic E-state index is 13.2. The van der Waals surface area contributed by atoms with E-state index in [1.54, 1.807) is 11.4 Å². The number of carbonyl (C=O) groups is 2. The number of halogens is 2. The van der Waals surface area contributed by atoms with E-state index in [2.05, 4.69) is 20.9 Å². The lowest BCUT2D eigenvalue weighted by Crippen LogP contribution is -2.19. The highest BCUT2D eigenvalue weighted by Crippen LogP contribution is 2.20. The summed E-state index contributed by atoms with van der Waals surface area (Å²) in [5.41, 5.74) is 2.60. The van der Waals surface area contributed by atoms with Crippen LogP contribution in [-0.4, -0.2) is 16.9 Å². The van der Waals surface area contributed by atoms with Gasteiger partial charge in [0, 0.05) is 16.8 Å². The van der Waals surface area contributed by atoms with Crippen molar-refractivity contribution in [1.29, 1.82) is 0 Å². The molecule has 0 bridgehead atoms. The average Bonchev–Trinajstić information content (AvgIpc) is 3.04. The summed E-state index contributed by atoms with van der Waals surface area (Å²) in [5.74, 6) is -0.887. The Balaban J connectivity index is 1.53. The summed E-state index contributed by atoms with van der Waals surface area (Å²) < 4.78 is 13.2. The summed E-state index contributed by atoms with van der Waals surface area (Å²) in [6.07, 6.45) is 0.00662. The smallest absolute Gasteiger partial charge is 0.325 e. The Kier molecular flexibility index (Phi) is 6.23. The molecule has 3 aromatic rings. The Bertz CT molecular complexity index is 1020. The second-order valence-electron chi connectivity index (χ2n) is 5.95. The molecule has 1 heterocycles. The SMILES string of the molecule is Cc1cccc(NC(=O)Nc2nc(CC(=O)Nc3ccc(F)c(Cl)c3)cs2)c1. The fourth-order valence-electron chi connectivity index (χ4n) is 2.37. The van der Waals surface area contributed by atoms with Crippen LogP contribution in [0.4, 0.5) is 25.7 Å². The Morgan fingerprint density at radius 3 is 2.64 bits per heavy atom. The van der Waals surface area contributed by atoms with Gasteiger partial charge in [0.2, 0.25) is 5.91 Å². The highest BCUT2D eigenvalue weighted by Gasteiger charge is 2.11. The van der Waals surface area contributed by atoms with E-state index in [0.29, 0.717) is 22.2 Å². The second kappa shape index (κ2) is 8.81. The summed E-state index contributed by atoms with van der Waals surface area (Å²) in [7, 11) is 0. The van der Waals surface area contributed by atoms with Gasteiger partial charge in [0.25, 0.3) is 0 Å². The molecule has 2 aromatic carbocycles. The number of nitrogens with one attached hydrogen (secondary N) is 3. The molecule has 0 atom stereocenters. The number of aryl methyl sites for hydroxylation is 1. The van der Waals surface area contributed by atoms with Crippen molar-refractivity contribution >= 4 is 51.4 Å². The molecule has 9 heteroatoms. The van der Waals surface area contributed by atoms with Crippen molar-refractivity contribution < 1.29 is 14.0 Å². The molecule has 1 aromatic heterocycles. The number of anilines is 3. The van der Waals surface area contributed by atoms with E-state index in [-0.39, 0.29) is 17.4 Å². The Morgan fingerprint density at radius 1 is 1.11 bits per heavy atom. The molecule has 0 saturated heterocycles. The summed E-state index contributed by atoms with van der Waals surface area (Å²) in [6, 6.07) is 10.9. The first-order valence-electron chi connectivity index (χ1n) is 8.23. The number of carbonyl (C=O) groups excluding carboxylic acids is 2. The highest BCUT2D eigenvalue weighted by molar-refractivity contribution is 7.14. The quantitative estimate of drug-likeness (QED) is 0.541. The van der Waals surface area contributed by atoms with Crippen LogP contribution in [0.5, 0.6) is 0 Å². The van der Waals surface area contributed by atoms with Gasteiger partial charge in [0.1, 0.15) is 5.82 Å². The number of rotatable bonds is 5. The molecule has 0 spiro atoms. The van der Waals surface area contributed by atoms with Gasteiger partial charge in [-0.05, 0) is 42.8 Å². The molecule has 0 saturated carbocycles.